The van der Waals surface area contributed by atoms with E-state index in [1.54, 1.807) is 7.11 Å². The fraction of sp³-hybridized carbons (Fsp3) is 0.412. The Morgan fingerprint density at radius 2 is 2.21 bits per heavy atom. The Kier molecular flexibility index (Phi) is 5.42. The van der Waals surface area contributed by atoms with Gasteiger partial charge in [-0.05, 0) is 24.3 Å². The van der Waals surface area contributed by atoms with E-state index in [1.165, 1.54) is 5.56 Å². The van der Waals surface area contributed by atoms with E-state index < -0.39 is 0 Å². The first kappa shape index (κ1) is 16.9. The minimum absolute atomic E-state index is 0.000886. The highest BCUT2D eigenvalue weighted by Gasteiger charge is 2.26. The van der Waals surface area contributed by atoms with E-state index in [2.05, 4.69) is 15.3 Å². The van der Waals surface area contributed by atoms with Crippen LogP contribution in [-0.2, 0) is 11.8 Å². The van der Waals surface area contributed by atoms with Crippen LogP contribution in [0.15, 0.2) is 36.7 Å². The van der Waals surface area contributed by atoms with Gasteiger partial charge >= 0.3 is 0 Å². The topological polar surface area (TPSA) is 59.4 Å². The van der Waals surface area contributed by atoms with Crippen LogP contribution in [0.4, 0.5) is 5.69 Å². The lowest BCUT2D eigenvalue weighted by Crippen LogP contribution is -2.41. The number of ether oxygens (including phenoxy) is 1. The molecule has 0 radical (unpaired) electrons. The highest BCUT2D eigenvalue weighted by Crippen LogP contribution is 2.29. The normalized spacial score (nSPS) is 18.3. The van der Waals surface area contributed by atoms with Crippen LogP contribution in [0.2, 0.25) is 0 Å². The monoisotopic (exact) mass is 346 g/mol. The van der Waals surface area contributed by atoms with Crippen LogP contribution in [0.25, 0.3) is 0 Å². The van der Waals surface area contributed by atoms with E-state index in [0.29, 0.717) is 6.54 Å². The predicted molar refractivity (Wildman–Crippen MR) is 96.5 cm³/mol. The van der Waals surface area contributed by atoms with Crippen molar-refractivity contribution in [2.75, 3.05) is 37.0 Å². The average Bonchev–Trinajstić information content (AvgIpc) is 3.02. The molecule has 1 aromatic heterocycles. The Bertz CT molecular complexity index is 686. The summed E-state index contributed by atoms with van der Waals surface area (Å²) in [6.07, 6.45) is 3.93. The predicted octanol–water partition coefficient (Wildman–Crippen LogP) is 2.16. The highest BCUT2D eigenvalue weighted by molar-refractivity contribution is 7.99. The molecular formula is C17H22N4O2S. The van der Waals surface area contributed by atoms with E-state index in [0.717, 1.165) is 29.5 Å². The fourth-order valence-corrected chi connectivity index (χ4v) is 3.96. The summed E-state index contributed by atoms with van der Waals surface area (Å²) in [5.41, 5.74) is 1.95. The number of carbonyl (C=O) groups is 1. The van der Waals surface area contributed by atoms with Gasteiger partial charge < -0.3 is 10.1 Å². The number of nitrogens with zero attached hydrogens (tertiary/aromatic N) is 3. The number of thioether (sulfide) groups is 1. The first-order chi connectivity index (χ1) is 11.7. The zero-order chi connectivity index (χ0) is 16.9. The third-order valence-electron chi connectivity index (χ3n) is 4.07. The Hall–Kier alpha value is -1.99. The molecular weight excluding hydrogens is 324 g/mol. The summed E-state index contributed by atoms with van der Waals surface area (Å²) in [7, 11) is 3.54. The van der Waals surface area contributed by atoms with Gasteiger partial charge in [-0.3, -0.25) is 14.4 Å². The van der Waals surface area contributed by atoms with E-state index in [4.69, 9.17) is 4.74 Å². The standard InChI is InChI=1S/C17H22N4O2S/c1-20-10-13(9-18-20)16-12-24-8-7-21(16)11-17(22)19-14-3-5-15(23-2)6-4-14/h3-6,9-10,16H,7-8,11-12H2,1-2H3,(H,19,22)/t16-/m1/s1. The van der Waals surface area contributed by atoms with Gasteiger partial charge in [-0.1, -0.05) is 0 Å². The number of carbonyl (C=O) groups excluding carboxylic acids is 1. The van der Waals surface area contributed by atoms with E-state index in [1.807, 2.05) is 60.2 Å². The first-order valence-electron chi connectivity index (χ1n) is 7.90. The van der Waals surface area contributed by atoms with Crippen LogP contribution in [0.5, 0.6) is 5.75 Å². The zero-order valence-corrected chi connectivity index (χ0v) is 14.8. The van der Waals surface area contributed by atoms with Crippen molar-refractivity contribution in [1.82, 2.24) is 14.7 Å². The second-order valence-corrected chi connectivity index (χ2v) is 6.94. The number of nitrogens with one attached hydrogen (secondary N) is 1. The Morgan fingerprint density at radius 3 is 2.88 bits per heavy atom. The Balaban J connectivity index is 1.62. The lowest BCUT2D eigenvalue weighted by Gasteiger charge is -2.34. The number of amides is 1. The molecule has 0 saturated carbocycles. The molecule has 1 N–H and O–H groups in total. The molecule has 3 rings (SSSR count). The van der Waals surface area contributed by atoms with Crippen LogP contribution in [0, 0.1) is 0 Å². The second kappa shape index (κ2) is 7.72. The summed E-state index contributed by atoms with van der Waals surface area (Å²) in [4.78, 5) is 14.6. The van der Waals surface area contributed by atoms with Crippen molar-refractivity contribution in [3.63, 3.8) is 0 Å². The van der Waals surface area contributed by atoms with Gasteiger partial charge in [-0.2, -0.15) is 16.9 Å². The fourth-order valence-electron chi connectivity index (χ4n) is 2.81. The molecule has 1 aromatic carbocycles. The quantitative estimate of drug-likeness (QED) is 0.899. The maximum atomic E-state index is 12.4. The number of anilines is 1. The molecule has 128 valence electrons. The van der Waals surface area contributed by atoms with Crippen molar-refractivity contribution in [2.45, 2.75) is 6.04 Å². The van der Waals surface area contributed by atoms with Crippen molar-refractivity contribution < 1.29 is 9.53 Å². The lowest BCUT2D eigenvalue weighted by molar-refractivity contribution is -0.117. The summed E-state index contributed by atoms with van der Waals surface area (Å²) >= 11 is 1.92. The number of aromatic nitrogens is 2. The molecule has 2 heterocycles. The van der Waals surface area contributed by atoms with Gasteiger partial charge in [-0.25, -0.2) is 0 Å². The van der Waals surface area contributed by atoms with E-state index in [-0.39, 0.29) is 11.9 Å². The zero-order valence-electron chi connectivity index (χ0n) is 13.9. The van der Waals surface area contributed by atoms with Gasteiger partial charge in [0.1, 0.15) is 5.75 Å². The maximum Gasteiger partial charge on any atom is 0.238 e. The number of hydrogen-bond donors (Lipinski definition) is 1. The largest absolute Gasteiger partial charge is 0.497 e. The number of aryl methyl sites for hydroxylation is 1. The smallest absolute Gasteiger partial charge is 0.238 e. The van der Waals surface area contributed by atoms with Crippen LogP contribution < -0.4 is 10.1 Å². The van der Waals surface area contributed by atoms with Crippen molar-refractivity contribution in [2.24, 2.45) is 7.05 Å². The molecule has 24 heavy (non-hydrogen) atoms. The van der Waals surface area contributed by atoms with Gasteiger partial charge in [0, 0.05) is 48.6 Å². The number of benzene rings is 1. The van der Waals surface area contributed by atoms with Crippen molar-refractivity contribution >= 4 is 23.4 Å². The number of hydrogen-bond acceptors (Lipinski definition) is 5. The molecule has 7 heteroatoms. The molecule has 6 nitrogen and oxygen atoms in total. The number of methoxy groups -OCH3 is 1. The van der Waals surface area contributed by atoms with Crippen molar-refractivity contribution in [3.8, 4) is 5.75 Å². The second-order valence-electron chi connectivity index (χ2n) is 5.79. The van der Waals surface area contributed by atoms with Crippen LogP contribution in [0.1, 0.15) is 11.6 Å². The minimum atomic E-state index is 0.000886. The number of rotatable bonds is 5. The highest BCUT2D eigenvalue weighted by atomic mass is 32.2. The molecule has 1 aliphatic rings. The van der Waals surface area contributed by atoms with Gasteiger partial charge in [0.25, 0.3) is 0 Å². The SMILES string of the molecule is COc1ccc(NC(=O)CN2CCSC[C@@H]2c2cnn(C)c2)cc1. The summed E-state index contributed by atoms with van der Waals surface area (Å²) in [5, 5.41) is 7.21. The third-order valence-corrected chi connectivity index (χ3v) is 5.09. The first-order valence-corrected chi connectivity index (χ1v) is 9.05. The summed E-state index contributed by atoms with van der Waals surface area (Å²) in [6, 6.07) is 7.61. The minimum Gasteiger partial charge on any atom is -0.497 e. The van der Waals surface area contributed by atoms with Crippen LogP contribution >= 0.6 is 11.8 Å². The molecule has 0 unspecified atom stereocenters. The molecule has 0 bridgehead atoms. The van der Waals surface area contributed by atoms with Gasteiger partial charge in [0.15, 0.2) is 0 Å². The Morgan fingerprint density at radius 1 is 1.42 bits per heavy atom. The summed E-state index contributed by atoms with van der Waals surface area (Å²) in [5.74, 6) is 2.81. The summed E-state index contributed by atoms with van der Waals surface area (Å²) < 4.78 is 6.94. The molecule has 1 saturated heterocycles. The lowest BCUT2D eigenvalue weighted by atomic mass is 10.1. The van der Waals surface area contributed by atoms with Gasteiger partial charge in [0.05, 0.1) is 19.9 Å². The molecule has 1 aliphatic heterocycles. The molecule has 0 aliphatic carbocycles. The van der Waals surface area contributed by atoms with E-state index >= 15 is 0 Å². The van der Waals surface area contributed by atoms with Crippen molar-refractivity contribution in [3.05, 3.63) is 42.2 Å². The maximum absolute atomic E-state index is 12.4. The van der Waals surface area contributed by atoms with Crippen molar-refractivity contribution in [1.29, 1.82) is 0 Å². The molecule has 1 atom stereocenters. The molecule has 1 amide bonds. The van der Waals surface area contributed by atoms with Crippen LogP contribution in [0.3, 0.4) is 0 Å². The Labute approximate surface area is 146 Å². The molecule has 2 aromatic rings. The summed E-state index contributed by atoms with van der Waals surface area (Å²) in [6.45, 7) is 1.28. The van der Waals surface area contributed by atoms with E-state index in [9.17, 15) is 4.79 Å². The van der Waals surface area contributed by atoms with Gasteiger partial charge in [-0.15, -0.1) is 0 Å². The average molecular weight is 346 g/mol. The van der Waals surface area contributed by atoms with Gasteiger partial charge in [0.2, 0.25) is 5.91 Å². The molecule has 1 fully saturated rings. The van der Waals surface area contributed by atoms with Crippen LogP contribution in [-0.4, -0.2) is 52.3 Å². The molecule has 0 spiro atoms. The third kappa shape index (κ3) is 4.10.